The van der Waals surface area contributed by atoms with Crippen molar-refractivity contribution in [3.05, 3.63) is 60.7 Å². The summed E-state index contributed by atoms with van der Waals surface area (Å²) in [7, 11) is 3.36. The van der Waals surface area contributed by atoms with Crippen molar-refractivity contribution < 1.29 is 9.47 Å². The zero-order valence-electron chi connectivity index (χ0n) is 13.8. The van der Waals surface area contributed by atoms with Crippen molar-refractivity contribution in [2.24, 2.45) is 0 Å². The van der Waals surface area contributed by atoms with Crippen molar-refractivity contribution in [3.8, 4) is 0 Å². The van der Waals surface area contributed by atoms with E-state index in [1.54, 1.807) is 14.2 Å². The van der Waals surface area contributed by atoms with E-state index in [1.165, 1.54) is 8.92 Å². The Balaban J connectivity index is 0.000000464. The van der Waals surface area contributed by atoms with Crippen molar-refractivity contribution in [3.63, 3.8) is 0 Å². The SMILES string of the molecule is CCOC.CCOC.c1ccc([Se][Se]c2ccccc2)cc1. The van der Waals surface area contributed by atoms with Crippen LogP contribution < -0.4 is 8.92 Å². The summed E-state index contributed by atoms with van der Waals surface area (Å²) in [5.41, 5.74) is 0. The number of ether oxygens (including phenoxy) is 2. The van der Waals surface area contributed by atoms with Crippen molar-refractivity contribution in [1.82, 2.24) is 0 Å². The first-order chi connectivity index (χ1) is 10.8. The average Bonchev–Trinajstić information content (AvgIpc) is 2.62. The van der Waals surface area contributed by atoms with E-state index >= 15 is 0 Å². The van der Waals surface area contributed by atoms with Gasteiger partial charge in [-0.3, -0.25) is 0 Å². The van der Waals surface area contributed by atoms with E-state index in [9.17, 15) is 0 Å². The molecule has 0 aliphatic carbocycles. The topological polar surface area (TPSA) is 18.5 Å². The number of benzene rings is 2. The van der Waals surface area contributed by atoms with E-state index in [0.717, 1.165) is 13.2 Å². The van der Waals surface area contributed by atoms with Crippen LogP contribution in [0.25, 0.3) is 0 Å². The Morgan fingerprint density at radius 2 is 0.909 bits per heavy atom. The van der Waals surface area contributed by atoms with Crippen LogP contribution in [-0.4, -0.2) is 53.7 Å². The molecule has 0 atom stereocenters. The van der Waals surface area contributed by atoms with E-state index < -0.39 is 0 Å². The molecule has 2 rings (SSSR count). The van der Waals surface area contributed by atoms with Crippen LogP contribution >= 0.6 is 0 Å². The molecule has 4 heteroatoms. The van der Waals surface area contributed by atoms with Crippen molar-refractivity contribution in [2.45, 2.75) is 13.8 Å². The molecule has 0 aromatic heterocycles. The minimum absolute atomic E-state index is 0.635. The number of hydrogen-bond donors (Lipinski definition) is 0. The first-order valence-electron chi connectivity index (χ1n) is 7.20. The van der Waals surface area contributed by atoms with Gasteiger partial charge in [-0.25, -0.2) is 0 Å². The molecule has 2 aromatic rings. The molecular formula is C18H26O2Se2. The van der Waals surface area contributed by atoms with Crippen LogP contribution in [0.3, 0.4) is 0 Å². The predicted molar refractivity (Wildman–Crippen MR) is 98.8 cm³/mol. The molecule has 0 saturated heterocycles. The summed E-state index contributed by atoms with van der Waals surface area (Å²) in [5.74, 6) is 0. The standard InChI is InChI=1S/C12H10Se2.2C3H8O/c1-3-7-11(8-4-1)13-14-12-9-5-2-6-10-12;2*1-3-4-2/h1-10H;2*3H2,1-2H3. The molecule has 122 valence electrons. The Kier molecular flexibility index (Phi) is 16.3. The molecular weight excluding hydrogens is 406 g/mol. The Labute approximate surface area is 146 Å². The van der Waals surface area contributed by atoms with Gasteiger partial charge in [0.15, 0.2) is 0 Å². The van der Waals surface area contributed by atoms with Gasteiger partial charge in [-0.05, 0) is 13.8 Å². The van der Waals surface area contributed by atoms with Crippen LogP contribution in [0.4, 0.5) is 0 Å². The van der Waals surface area contributed by atoms with Gasteiger partial charge in [-0.2, -0.15) is 0 Å². The molecule has 0 heterocycles. The summed E-state index contributed by atoms with van der Waals surface area (Å²) in [4.78, 5) is 0. The Morgan fingerprint density at radius 1 is 0.636 bits per heavy atom. The third kappa shape index (κ3) is 13.1. The molecule has 0 N–H and O–H groups in total. The van der Waals surface area contributed by atoms with Crippen molar-refractivity contribution in [1.29, 1.82) is 0 Å². The summed E-state index contributed by atoms with van der Waals surface area (Å²) < 4.78 is 12.1. The normalized spacial score (nSPS) is 9.09. The molecule has 0 amide bonds. The van der Waals surface area contributed by atoms with Gasteiger partial charge in [0.2, 0.25) is 0 Å². The molecule has 2 aromatic carbocycles. The predicted octanol–water partition coefficient (Wildman–Crippen LogP) is 2.27. The third-order valence-electron chi connectivity index (χ3n) is 2.30. The second kappa shape index (κ2) is 16.8. The van der Waals surface area contributed by atoms with Crippen LogP contribution in [0.2, 0.25) is 0 Å². The number of hydrogen-bond acceptors (Lipinski definition) is 2. The van der Waals surface area contributed by atoms with Crippen LogP contribution in [0.15, 0.2) is 60.7 Å². The molecule has 0 radical (unpaired) electrons. The Bertz CT molecular complexity index is 388. The quantitative estimate of drug-likeness (QED) is 0.676. The number of methoxy groups -OCH3 is 2. The molecule has 0 fully saturated rings. The first kappa shape index (κ1) is 21.4. The van der Waals surface area contributed by atoms with Crippen LogP contribution in [0.1, 0.15) is 13.8 Å². The summed E-state index contributed by atoms with van der Waals surface area (Å²) in [6.45, 7) is 5.56. The van der Waals surface area contributed by atoms with Gasteiger partial charge in [-0.15, -0.1) is 0 Å². The van der Waals surface area contributed by atoms with Gasteiger partial charge in [0.1, 0.15) is 0 Å². The zero-order chi connectivity index (χ0) is 16.5. The Morgan fingerprint density at radius 3 is 1.14 bits per heavy atom. The molecule has 22 heavy (non-hydrogen) atoms. The minimum atomic E-state index is 0.635. The summed E-state index contributed by atoms with van der Waals surface area (Å²) in [5, 5.41) is 0. The third-order valence-corrected chi connectivity index (χ3v) is 9.53. The van der Waals surface area contributed by atoms with E-state index in [0.29, 0.717) is 26.3 Å². The summed E-state index contributed by atoms with van der Waals surface area (Å²) in [6.07, 6.45) is 0. The second-order valence-electron chi connectivity index (χ2n) is 3.95. The maximum absolute atomic E-state index is 4.54. The summed E-state index contributed by atoms with van der Waals surface area (Å²) >= 11 is 1.27. The van der Waals surface area contributed by atoms with E-state index in [4.69, 9.17) is 0 Å². The van der Waals surface area contributed by atoms with Gasteiger partial charge in [0, 0.05) is 27.4 Å². The monoisotopic (exact) mass is 434 g/mol. The molecule has 0 bridgehead atoms. The molecule has 0 unspecified atom stereocenters. The van der Waals surface area contributed by atoms with Crippen LogP contribution in [0, 0.1) is 0 Å². The molecule has 2 nitrogen and oxygen atoms in total. The van der Waals surface area contributed by atoms with Crippen LogP contribution in [-0.2, 0) is 9.47 Å². The van der Waals surface area contributed by atoms with E-state index in [-0.39, 0.29) is 0 Å². The fourth-order valence-electron chi connectivity index (χ4n) is 1.05. The molecule has 0 spiro atoms. The first-order valence-corrected chi connectivity index (χ1v) is 13.3. The molecule has 0 aliphatic rings. The number of rotatable bonds is 5. The average molecular weight is 432 g/mol. The summed E-state index contributed by atoms with van der Waals surface area (Å²) in [6, 6.07) is 21.6. The molecule has 0 aliphatic heterocycles. The van der Waals surface area contributed by atoms with Crippen molar-refractivity contribution in [2.75, 3.05) is 27.4 Å². The fourth-order valence-corrected chi connectivity index (χ4v) is 7.10. The zero-order valence-corrected chi connectivity index (χ0v) is 17.2. The van der Waals surface area contributed by atoms with Gasteiger partial charge >= 0.3 is 95.9 Å². The van der Waals surface area contributed by atoms with Gasteiger partial charge in [0.25, 0.3) is 0 Å². The van der Waals surface area contributed by atoms with E-state index in [2.05, 4.69) is 70.1 Å². The maximum atomic E-state index is 4.54. The molecule has 0 saturated carbocycles. The van der Waals surface area contributed by atoms with Crippen molar-refractivity contribution >= 4 is 35.2 Å². The van der Waals surface area contributed by atoms with E-state index in [1.807, 2.05) is 13.8 Å². The fraction of sp³-hybridized carbons (Fsp3) is 0.333. The second-order valence-corrected chi connectivity index (χ2v) is 10.3. The van der Waals surface area contributed by atoms with Gasteiger partial charge in [0.05, 0.1) is 0 Å². The van der Waals surface area contributed by atoms with Gasteiger partial charge in [-0.1, -0.05) is 0 Å². The van der Waals surface area contributed by atoms with Crippen LogP contribution in [0.5, 0.6) is 0 Å². The Hall–Kier alpha value is -0.601. The van der Waals surface area contributed by atoms with Gasteiger partial charge < -0.3 is 9.47 Å².